The Hall–Kier alpha value is -5.73. The van der Waals surface area contributed by atoms with Gasteiger partial charge < -0.3 is 19.1 Å². The zero-order valence-electron chi connectivity index (χ0n) is 30.8. The van der Waals surface area contributed by atoms with Crippen molar-refractivity contribution < 1.29 is 23.4 Å². The summed E-state index contributed by atoms with van der Waals surface area (Å²) in [6.07, 6.45) is 7.30. The number of piperazine rings is 1. The molecular weight excluding hydrogens is 666 g/mol. The van der Waals surface area contributed by atoms with Crippen LogP contribution in [-0.4, -0.2) is 53.5 Å². The van der Waals surface area contributed by atoms with Crippen LogP contribution < -0.4 is 14.2 Å². The summed E-state index contributed by atoms with van der Waals surface area (Å²) in [7, 11) is 0. The summed E-state index contributed by atoms with van der Waals surface area (Å²) in [6.45, 7) is 12.9. The smallest absolute Gasteiger partial charge is 0.246 e. The number of ether oxygens (including phenoxy) is 3. The average molecular weight is 712 g/mol. The summed E-state index contributed by atoms with van der Waals surface area (Å²) >= 11 is 0. The van der Waals surface area contributed by atoms with E-state index in [1.807, 2.05) is 49.1 Å². The van der Waals surface area contributed by atoms with Gasteiger partial charge in [-0.15, -0.1) is 0 Å². The first-order valence-electron chi connectivity index (χ1n) is 17.9. The van der Waals surface area contributed by atoms with Gasteiger partial charge in [-0.05, 0) is 115 Å². The van der Waals surface area contributed by atoms with Crippen molar-refractivity contribution in [3.8, 4) is 23.1 Å². The van der Waals surface area contributed by atoms with E-state index in [2.05, 4.69) is 66.2 Å². The second kappa shape index (κ2) is 17.7. The molecule has 0 atom stereocenters. The standard InChI is InChI=1S/C45H46FN3O4/c1-32-5-16-41(17-6-32)51-30-33(2)25-36-7-9-37(10-8-36)29-48-21-23-49(24-22-48)44(50)20-13-39-26-34(3)45(35(4)27-39)53-43-19-18-42(28-47-43)52-31-38-11-14-40(46)15-12-38/h5-20,25-28H,21-24,29-31H2,1-4H3/b20-13+,33-25?. The van der Waals surface area contributed by atoms with Gasteiger partial charge in [0.05, 0.1) is 6.20 Å². The molecule has 1 fully saturated rings. The SMILES string of the molecule is CC(=Cc1ccc(CN2CCN(C(=O)/C=C/c3cc(C)c(Oc4ccc(OCc5ccc(F)cc5)cn4)c(C)c3)CC2)cc1)COc1ccc(C)cc1. The molecule has 1 amide bonds. The molecule has 7 nitrogen and oxygen atoms in total. The highest BCUT2D eigenvalue weighted by molar-refractivity contribution is 5.92. The van der Waals surface area contributed by atoms with E-state index in [1.165, 1.54) is 23.3 Å². The Morgan fingerprint density at radius 3 is 2.09 bits per heavy atom. The molecule has 272 valence electrons. The number of benzene rings is 4. The van der Waals surface area contributed by atoms with Gasteiger partial charge in [0.15, 0.2) is 0 Å². The number of aryl methyl sites for hydroxylation is 3. The number of carbonyl (C=O) groups is 1. The second-order valence-electron chi connectivity index (χ2n) is 13.6. The molecule has 6 rings (SSSR count). The van der Waals surface area contributed by atoms with Gasteiger partial charge in [-0.25, -0.2) is 9.37 Å². The number of rotatable bonds is 13. The molecule has 0 spiro atoms. The van der Waals surface area contributed by atoms with E-state index in [0.29, 0.717) is 37.9 Å². The molecule has 0 unspecified atom stereocenters. The van der Waals surface area contributed by atoms with Gasteiger partial charge in [-0.1, -0.05) is 60.2 Å². The lowest BCUT2D eigenvalue weighted by molar-refractivity contribution is -0.127. The van der Waals surface area contributed by atoms with E-state index in [0.717, 1.165) is 64.5 Å². The van der Waals surface area contributed by atoms with E-state index < -0.39 is 0 Å². The van der Waals surface area contributed by atoms with Crippen LogP contribution in [0.4, 0.5) is 4.39 Å². The van der Waals surface area contributed by atoms with Crippen molar-refractivity contribution in [3.63, 3.8) is 0 Å². The van der Waals surface area contributed by atoms with Crippen molar-refractivity contribution in [1.82, 2.24) is 14.8 Å². The lowest BCUT2D eigenvalue weighted by Gasteiger charge is -2.34. The lowest BCUT2D eigenvalue weighted by Crippen LogP contribution is -2.47. The number of hydrogen-bond acceptors (Lipinski definition) is 6. The van der Waals surface area contributed by atoms with Crippen LogP contribution in [0.3, 0.4) is 0 Å². The van der Waals surface area contributed by atoms with Gasteiger partial charge in [0.1, 0.15) is 36.3 Å². The highest BCUT2D eigenvalue weighted by Gasteiger charge is 2.20. The van der Waals surface area contributed by atoms with Crippen molar-refractivity contribution >= 4 is 18.1 Å². The molecule has 0 aliphatic carbocycles. The second-order valence-corrected chi connectivity index (χ2v) is 13.6. The Kier molecular flexibility index (Phi) is 12.3. The van der Waals surface area contributed by atoms with Crippen LogP contribution in [0.5, 0.6) is 23.1 Å². The normalized spacial score (nSPS) is 13.7. The highest BCUT2D eigenvalue weighted by atomic mass is 19.1. The summed E-state index contributed by atoms with van der Waals surface area (Å²) in [4.78, 5) is 21.8. The Morgan fingerprint density at radius 2 is 1.43 bits per heavy atom. The molecule has 1 aliphatic rings. The number of hydrogen-bond donors (Lipinski definition) is 0. The van der Waals surface area contributed by atoms with Gasteiger partial charge in [-0.3, -0.25) is 9.69 Å². The minimum atomic E-state index is -0.278. The summed E-state index contributed by atoms with van der Waals surface area (Å²) in [5, 5.41) is 0. The molecule has 0 radical (unpaired) electrons. The molecule has 1 aromatic heterocycles. The molecule has 0 saturated carbocycles. The molecule has 4 aromatic carbocycles. The monoisotopic (exact) mass is 711 g/mol. The zero-order valence-corrected chi connectivity index (χ0v) is 30.8. The minimum Gasteiger partial charge on any atom is -0.489 e. The van der Waals surface area contributed by atoms with E-state index in [1.54, 1.807) is 36.5 Å². The predicted octanol–water partition coefficient (Wildman–Crippen LogP) is 9.36. The van der Waals surface area contributed by atoms with Gasteiger partial charge >= 0.3 is 0 Å². The summed E-state index contributed by atoms with van der Waals surface area (Å²) in [5.74, 6) is 2.38. The molecule has 1 aliphatic heterocycles. The highest BCUT2D eigenvalue weighted by Crippen LogP contribution is 2.30. The van der Waals surface area contributed by atoms with Crippen molar-refractivity contribution in [3.05, 3.63) is 160 Å². The quantitative estimate of drug-likeness (QED) is 0.114. The lowest BCUT2D eigenvalue weighted by atomic mass is 10.1. The first-order valence-corrected chi connectivity index (χ1v) is 17.9. The Balaban J connectivity index is 0.939. The van der Waals surface area contributed by atoms with Gasteiger partial charge in [0.2, 0.25) is 11.8 Å². The minimum absolute atomic E-state index is 0.0177. The van der Waals surface area contributed by atoms with Crippen LogP contribution in [0.2, 0.25) is 0 Å². The van der Waals surface area contributed by atoms with Crippen molar-refractivity contribution in [2.24, 2.45) is 0 Å². The van der Waals surface area contributed by atoms with Crippen molar-refractivity contribution in [2.45, 2.75) is 40.8 Å². The van der Waals surface area contributed by atoms with Crippen LogP contribution in [-0.2, 0) is 17.9 Å². The fraction of sp³-hybridized carbons (Fsp3) is 0.244. The van der Waals surface area contributed by atoms with E-state index in [-0.39, 0.29) is 11.7 Å². The number of halogens is 1. The average Bonchev–Trinajstić information content (AvgIpc) is 3.16. The van der Waals surface area contributed by atoms with Crippen LogP contribution in [0.1, 0.15) is 45.9 Å². The number of nitrogens with zero attached hydrogens (tertiary/aromatic N) is 3. The van der Waals surface area contributed by atoms with E-state index in [4.69, 9.17) is 14.2 Å². The molecule has 1 saturated heterocycles. The first kappa shape index (κ1) is 37.0. The molecule has 8 heteroatoms. The van der Waals surface area contributed by atoms with Crippen molar-refractivity contribution in [2.75, 3.05) is 32.8 Å². The number of pyridine rings is 1. The molecule has 5 aromatic rings. The molecule has 53 heavy (non-hydrogen) atoms. The third kappa shape index (κ3) is 10.9. The fourth-order valence-electron chi connectivity index (χ4n) is 6.14. The Bertz CT molecular complexity index is 2010. The topological polar surface area (TPSA) is 64.1 Å². The largest absolute Gasteiger partial charge is 0.489 e. The number of amides is 1. The Labute approximate surface area is 312 Å². The van der Waals surface area contributed by atoms with Gasteiger partial charge in [0, 0.05) is 44.9 Å². The van der Waals surface area contributed by atoms with Crippen molar-refractivity contribution in [1.29, 1.82) is 0 Å². The summed E-state index contributed by atoms with van der Waals surface area (Å²) in [5.41, 5.74) is 8.47. The van der Waals surface area contributed by atoms with Crippen LogP contribution in [0.15, 0.2) is 115 Å². The van der Waals surface area contributed by atoms with E-state index >= 15 is 0 Å². The molecule has 0 bridgehead atoms. The van der Waals surface area contributed by atoms with Crippen LogP contribution in [0, 0.1) is 26.6 Å². The molecular formula is C45H46FN3O4. The zero-order chi connectivity index (χ0) is 37.2. The van der Waals surface area contributed by atoms with Crippen LogP contribution in [0.25, 0.3) is 12.2 Å². The predicted molar refractivity (Wildman–Crippen MR) is 209 cm³/mol. The van der Waals surface area contributed by atoms with Crippen LogP contribution >= 0.6 is 0 Å². The fourth-order valence-corrected chi connectivity index (χ4v) is 6.14. The van der Waals surface area contributed by atoms with Gasteiger partial charge in [-0.2, -0.15) is 0 Å². The maximum absolute atomic E-state index is 13.1. The maximum Gasteiger partial charge on any atom is 0.246 e. The first-order chi connectivity index (χ1) is 25.7. The van der Waals surface area contributed by atoms with Gasteiger partial charge in [0.25, 0.3) is 0 Å². The third-order valence-corrected chi connectivity index (χ3v) is 9.11. The van der Waals surface area contributed by atoms with E-state index in [9.17, 15) is 9.18 Å². The molecule has 2 heterocycles. The summed E-state index contributed by atoms with van der Waals surface area (Å²) < 4.78 is 30.9. The summed E-state index contributed by atoms with van der Waals surface area (Å²) in [6, 6.07) is 30.5. The number of aromatic nitrogens is 1. The third-order valence-electron chi connectivity index (χ3n) is 9.11. The Morgan fingerprint density at radius 1 is 0.774 bits per heavy atom. The maximum atomic E-state index is 13.1. The molecule has 0 N–H and O–H groups in total. The number of carbonyl (C=O) groups excluding carboxylic acids is 1.